The highest BCUT2D eigenvalue weighted by atomic mass is 16.5. The van der Waals surface area contributed by atoms with Gasteiger partial charge >= 0.3 is 0 Å². The summed E-state index contributed by atoms with van der Waals surface area (Å²) < 4.78 is 4.94. The van der Waals surface area contributed by atoms with Crippen molar-refractivity contribution in [1.82, 2.24) is 4.90 Å². The van der Waals surface area contributed by atoms with Gasteiger partial charge < -0.3 is 9.64 Å². The molecule has 0 aromatic rings. The average Bonchev–Trinajstić information content (AvgIpc) is 1.98. The van der Waals surface area contributed by atoms with Crippen molar-refractivity contribution in [2.24, 2.45) is 5.92 Å². The minimum atomic E-state index is 0.0440. The van der Waals surface area contributed by atoms with Crippen molar-refractivity contribution < 1.29 is 9.53 Å². The summed E-state index contributed by atoms with van der Waals surface area (Å²) in [5.74, 6) is 0.189. The first-order valence-electron chi connectivity index (χ1n) is 4.30. The van der Waals surface area contributed by atoms with Crippen LogP contribution in [0.1, 0.15) is 27.7 Å². The highest BCUT2D eigenvalue weighted by molar-refractivity contribution is 5.78. The molecule has 0 radical (unpaired) electrons. The normalized spacial score (nSPS) is 10.9. The summed E-state index contributed by atoms with van der Waals surface area (Å²) in [5, 5.41) is 0. The first kappa shape index (κ1) is 11.4. The predicted octanol–water partition coefficient (Wildman–Crippen LogP) is 1.48. The molecule has 0 saturated carbocycles. The summed E-state index contributed by atoms with van der Waals surface area (Å²) in [6.07, 6.45) is 0. The molecule has 0 spiro atoms. The Labute approximate surface area is 74.7 Å². The summed E-state index contributed by atoms with van der Waals surface area (Å²) in [6.45, 7) is 8.15. The highest BCUT2D eigenvalue weighted by Gasteiger charge is 2.18. The second-order valence-electron chi connectivity index (χ2n) is 3.47. The van der Waals surface area contributed by atoms with Gasteiger partial charge in [-0.1, -0.05) is 13.8 Å². The van der Waals surface area contributed by atoms with E-state index < -0.39 is 0 Å². The zero-order valence-corrected chi connectivity index (χ0v) is 8.63. The van der Waals surface area contributed by atoms with Crippen LogP contribution in [0.25, 0.3) is 0 Å². The lowest BCUT2D eigenvalue weighted by atomic mass is 10.2. The van der Waals surface area contributed by atoms with Crippen LogP contribution in [0.15, 0.2) is 0 Å². The van der Waals surface area contributed by atoms with Crippen LogP contribution in [0, 0.1) is 5.92 Å². The van der Waals surface area contributed by atoms with Crippen molar-refractivity contribution >= 4 is 5.91 Å². The monoisotopic (exact) mass is 173 g/mol. The van der Waals surface area contributed by atoms with Crippen LogP contribution in [0.4, 0.5) is 0 Å². The molecule has 3 heteroatoms. The van der Waals surface area contributed by atoms with Gasteiger partial charge in [0.1, 0.15) is 6.73 Å². The number of carbonyl (C=O) groups excluding carboxylic acids is 1. The van der Waals surface area contributed by atoms with Gasteiger partial charge in [0.15, 0.2) is 0 Å². The molecule has 0 fully saturated rings. The van der Waals surface area contributed by atoms with Gasteiger partial charge in [-0.15, -0.1) is 0 Å². The molecular formula is C9H19NO2. The Bertz CT molecular complexity index is 143. The molecule has 0 aliphatic heterocycles. The van der Waals surface area contributed by atoms with E-state index in [1.165, 1.54) is 0 Å². The van der Waals surface area contributed by atoms with Crippen LogP contribution in [-0.4, -0.2) is 30.7 Å². The molecular weight excluding hydrogens is 154 g/mol. The van der Waals surface area contributed by atoms with Gasteiger partial charge in [-0.05, 0) is 13.8 Å². The van der Waals surface area contributed by atoms with Crippen molar-refractivity contribution in [3.8, 4) is 0 Å². The summed E-state index contributed by atoms with van der Waals surface area (Å²) in [5.41, 5.74) is 0. The number of hydrogen-bond acceptors (Lipinski definition) is 2. The minimum Gasteiger partial charge on any atom is -0.364 e. The number of carbonyl (C=O) groups is 1. The molecule has 1 amide bonds. The van der Waals surface area contributed by atoms with E-state index in [0.717, 1.165) is 0 Å². The summed E-state index contributed by atoms with van der Waals surface area (Å²) in [6, 6.07) is 0.208. The van der Waals surface area contributed by atoms with Crippen LogP contribution >= 0.6 is 0 Å². The third-order valence-electron chi connectivity index (χ3n) is 1.67. The maximum absolute atomic E-state index is 11.5. The van der Waals surface area contributed by atoms with Gasteiger partial charge in [0.2, 0.25) is 5.91 Å². The fraction of sp³-hybridized carbons (Fsp3) is 0.889. The van der Waals surface area contributed by atoms with E-state index in [1.807, 2.05) is 27.7 Å². The molecule has 0 N–H and O–H groups in total. The SMILES string of the molecule is COCN(C(=O)C(C)C)C(C)C. The molecule has 0 aromatic heterocycles. The fourth-order valence-electron chi connectivity index (χ4n) is 0.938. The molecule has 0 aromatic carbocycles. The second kappa shape index (κ2) is 5.14. The Morgan fingerprint density at radius 2 is 1.83 bits per heavy atom. The minimum absolute atomic E-state index is 0.0440. The van der Waals surface area contributed by atoms with Crippen molar-refractivity contribution in [1.29, 1.82) is 0 Å². The molecule has 0 saturated heterocycles. The van der Waals surface area contributed by atoms with E-state index in [9.17, 15) is 4.79 Å². The summed E-state index contributed by atoms with van der Waals surface area (Å²) in [7, 11) is 1.60. The molecule has 3 nitrogen and oxygen atoms in total. The summed E-state index contributed by atoms with van der Waals surface area (Å²) in [4.78, 5) is 13.2. The van der Waals surface area contributed by atoms with E-state index in [4.69, 9.17) is 4.74 Å². The van der Waals surface area contributed by atoms with Gasteiger partial charge in [-0.3, -0.25) is 4.79 Å². The number of methoxy groups -OCH3 is 1. The van der Waals surface area contributed by atoms with Gasteiger partial charge in [0, 0.05) is 19.1 Å². The van der Waals surface area contributed by atoms with Crippen LogP contribution in [0.5, 0.6) is 0 Å². The van der Waals surface area contributed by atoms with Crippen molar-refractivity contribution in [2.75, 3.05) is 13.8 Å². The van der Waals surface area contributed by atoms with Crippen LogP contribution in [0.2, 0.25) is 0 Å². The predicted molar refractivity (Wildman–Crippen MR) is 48.7 cm³/mol. The number of rotatable bonds is 4. The Balaban J connectivity index is 4.19. The van der Waals surface area contributed by atoms with E-state index >= 15 is 0 Å². The maximum atomic E-state index is 11.5. The zero-order valence-electron chi connectivity index (χ0n) is 8.63. The standard InChI is InChI=1S/C9H19NO2/c1-7(2)9(11)10(6-12-5)8(3)4/h7-8H,6H2,1-5H3. The van der Waals surface area contributed by atoms with E-state index in [1.54, 1.807) is 12.0 Å². The Hall–Kier alpha value is -0.570. The van der Waals surface area contributed by atoms with Crippen LogP contribution < -0.4 is 0 Å². The van der Waals surface area contributed by atoms with Gasteiger partial charge in [-0.2, -0.15) is 0 Å². The molecule has 0 unspecified atom stereocenters. The molecule has 0 aliphatic rings. The number of ether oxygens (including phenoxy) is 1. The lowest BCUT2D eigenvalue weighted by molar-refractivity contribution is -0.141. The summed E-state index contributed by atoms with van der Waals surface area (Å²) >= 11 is 0. The van der Waals surface area contributed by atoms with Crippen LogP contribution in [-0.2, 0) is 9.53 Å². The van der Waals surface area contributed by atoms with Gasteiger partial charge in [0.25, 0.3) is 0 Å². The Morgan fingerprint density at radius 3 is 2.08 bits per heavy atom. The first-order chi connectivity index (χ1) is 5.50. The van der Waals surface area contributed by atoms with E-state index in [-0.39, 0.29) is 17.9 Å². The van der Waals surface area contributed by atoms with Crippen LogP contribution in [0.3, 0.4) is 0 Å². The number of nitrogens with zero attached hydrogens (tertiary/aromatic N) is 1. The van der Waals surface area contributed by atoms with Gasteiger partial charge in [-0.25, -0.2) is 0 Å². The zero-order chi connectivity index (χ0) is 9.72. The third kappa shape index (κ3) is 3.22. The molecule has 0 atom stereocenters. The fourth-order valence-corrected chi connectivity index (χ4v) is 0.938. The largest absolute Gasteiger partial charge is 0.364 e. The lowest BCUT2D eigenvalue weighted by Gasteiger charge is -2.27. The number of hydrogen-bond donors (Lipinski definition) is 0. The molecule has 0 heterocycles. The van der Waals surface area contributed by atoms with E-state index in [0.29, 0.717) is 6.73 Å². The molecule has 0 aliphatic carbocycles. The third-order valence-corrected chi connectivity index (χ3v) is 1.67. The van der Waals surface area contributed by atoms with Crippen molar-refractivity contribution in [3.05, 3.63) is 0 Å². The highest BCUT2D eigenvalue weighted by Crippen LogP contribution is 2.05. The smallest absolute Gasteiger partial charge is 0.227 e. The maximum Gasteiger partial charge on any atom is 0.227 e. The van der Waals surface area contributed by atoms with Crippen molar-refractivity contribution in [3.63, 3.8) is 0 Å². The van der Waals surface area contributed by atoms with Gasteiger partial charge in [0.05, 0.1) is 0 Å². The number of amides is 1. The molecule has 0 rings (SSSR count). The first-order valence-corrected chi connectivity index (χ1v) is 4.30. The quantitative estimate of drug-likeness (QED) is 0.603. The average molecular weight is 173 g/mol. The van der Waals surface area contributed by atoms with Crippen molar-refractivity contribution in [2.45, 2.75) is 33.7 Å². The molecule has 72 valence electrons. The molecule has 12 heavy (non-hydrogen) atoms. The lowest BCUT2D eigenvalue weighted by Crippen LogP contribution is -2.40. The Morgan fingerprint density at radius 1 is 1.33 bits per heavy atom. The second-order valence-corrected chi connectivity index (χ2v) is 3.47. The molecule has 0 bridgehead atoms. The topological polar surface area (TPSA) is 29.5 Å². The Kier molecular flexibility index (Phi) is 4.90. The van der Waals surface area contributed by atoms with E-state index in [2.05, 4.69) is 0 Å².